The third kappa shape index (κ3) is 6.83. The number of nitrogens with zero attached hydrogens (tertiary/aromatic N) is 2. The van der Waals surface area contributed by atoms with Crippen LogP contribution in [0.5, 0.6) is 0 Å². The topological polar surface area (TPSA) is 88.3 Å². The number of benzene rings is 1. The molecule has 0 spiro atoms. The summed E-state index contributed by atoms with van der Waals surface area (Å²) >= 11 is 1.69. The minimum absolute atomic E-state index is 0.0224. The number of anilines is 1. The molecule has 2 aromatic rings. The van der Waals surface area contributed by atoms with Crippen molar-refractivity contribution in [1.29, 1.82) is 5.26 Å². The van der Waals surface area contributed by atoms with Gasteiger partial charge in [0, 0.05) is 34.1 Å². The van der Waals surface area contributed by atoms with E-state index in [-0.39, 0.29) is 11.6 Å². The fraction of sp³-hybridized carbons (Fsp3) is 0.367. The van der Waals surface area contributed by atoms with Crippen molar-refractivity contribution in [2.75, 3.05) is 18.0 Å². The Kier molecular flexibility index (Phi) is 9.44. The Labute approximate surface area is 220 Å². The molecule has 1 aliphatic heterocycles. The minimum Gasteiger partial charge on any atom is -0.478 e. The van der Waals surface area contributed by atoms with E-state index in [1.807, 2.05) is 26.0 Å². The lowest BCUT2D eigenvalue weighted by Crippen LogP contribution is -2.25. The van der Waals surface area contributed by atoms with E-state index in [0.29, 0.717) is 5.57 Å². The van der Waals surface area contributed by atoms with Gasteiger partial charge in [-0.15, -0.1) is 11.3 Å². The first kappa shape index (κ1) is 27.2. The van der Waals surface area contributed by atoms with Gasteiger partial charge in [0.2, 0.25) is 0 Å². The third-order valence-corrected chi connectivity index (χ3v) is 7.22. The van der Waals surface area contributed by atoms with E-state index in [1.54, 1.807) is 11.3 Å². The SMILES string of the molecule is CCCCN(CCCC)c1ccc(/C=C/c2ccc(/C=C/C3=C(C#N)C(=C(N)N)OC3(C)C)s2)cc1. The molecule has 190 valence electrons. The van der Waals surface area contributed by atoms with E-state index >= 15 is 0 Å². The van der Waals surface area contributed by atoms with E-state index in [1.165, 1.54) is 36.9 Å². The van der Waals surface area contributed by atoms with Gasteiger partial charge in [0.1, 0.15) is 23.1 Å². The highest BCUT2D eigenvalue weighted by molar-refractivity contribution is 7.13. The summed E-state index contributed by atoms with van der Waals surface area (Å²) in [4.78, 5) is 4.75. The lowest BCUT2D eigenvalue weighted by atomic mass is 9.95. The summed E-state index contributed by atoms with van der Waals surface area (Å²) in [6.07, 6.45) is 13.1. The normalized spacial score (nSPS) is 15.0. The molecule has 2 heterocycles. The van der Waals surface area contributed by atoms with Gasteiger partial charge in [-0.05, 0) is 68.7 Å². The highest BCUT2D eigenvalue weighted by Crippen LogP contribution is 2.39. The molecule has 0 bridgehead atoms. The summed E-state index contributed by atoms with van der Waals surface area (Å²) in [7, 11) is 0. The van der Waals surface area contributed by atoms with Crippen LogP contribution in [0.25, 0.3) is 18.2 Å². The molecule has 1 aromatic heterocycles. The van der Waals surface area contributed by atoms with Gasteiger partial charge >= 0.3 is 0 Å². The Bertz CT molecular complexity index is 1180. The molecule has 3 rings (SSSR count). The van der Waals surface area contributed by atoms with Crippen molar-refractivity contribution in [1.82, 2.24) is 0 Å². The molecular formula is C30H38N4OS. The maximum atomic E-state index is 9.61. The Morgan fingerprint density at radius 3 is 2.06 bits per heavy atom. The van der Waals surface area contributed by atoms with Crippen molar-refractivity contribution in [3.63, 3.8) is 0 Å². The second-order valence-corrected chi connectivity index (χ2v) is 10.6. The molecule has 5 nitrogen and oxygen atoms in total. The van der Waals surface area contributed by atoms with Gasteiger partial charge in [-0.25, -0.2) is 0 Å². The van der Waals surface area contributed by atoms with Crippen molar-refractivity contribution >= 4 is 35.3 Å². The molecule has 1 aromatic carbocycles. The Morgan fingerprint density at radius 2 is 1.53 bits per heavy atom. The van der Waals surface area contributed by atoms with Crippen LogP contribution in [-0.4, -0.2) is 18.7 Å². The molecule has 0 unspecified atom stereocenters. The summed E-state index contributed by atoms with van der Waals surface area (Å²) in [5, 5.41) is 9.61. The highest BCUT2D eigenvalue weighted by atomic mass is 32.1. The smallest absolute Gasteiger partial charge is 0.178 e. The van der Waals surface area contributed by atoms with Crippen LogP contribution in [-0.2, 0) is 4.74 Å². The molecule has 0 aliphatic carbocycles. The van der Waals surface area contributed by atoms with Crippen LogP contribution in [0, 0.1) is 11.3 Å². The van der Waals surface area contributed by atoms with Crippen LogP contribution < -0.4 is 16.4 Å². The summed E-state index contributed by atoms with van der Waals surface area (Å²) in [5.74, 6) is 0.288. The Morgan fingerprint density at radius 1 is 0.944 bits per heavy atom. The van der Waals surface area contributed by atoms with Gasteiger partial charge in [-0.3, -0.25) is 0 Å². The summed E-state index contributed by atoms with van der Waals surface area (Å²) < 4.78 is 5.84. The lowest BCUT2D eigenvalue weighted by molar-refractivity contribution is 0.0938. The summed E-state index contributed by atoms with van der Waals surface area (Å²) in [6.45, 7) is 10.5. The van der Waals surface area contributed by atoms with Crippen molar-refractivity contribution in [3.05, 3.63) is 80.5 Å². The number of nitrogens with two attached hydrogens (primary N) is 2. The van der Waals surface area contributed by atoms with Crippen LogP contribution in [0.3, 0.4) is 0 Å². The predicted octanol–water partition coefficient (Wildman–Crippen LogP) is 7.05. The molecule has 0 amide bonds. The fourth-order valence-corrected chi connectivity index (χ4v) is 4.95. The van der Waals surface area contributed by atoms with Gasteiger partial charge in [-0.2, -0.15) is 5.26 Å². The van der Waals surface area contributed by atoms with E-state index in [0.717, 1.165) is 28.4 Å². The van der Waals surface area contributed by atoms with Gasteiger partial charge in [-0.1, -0.05) is 51.0 Å². The average molecular weight is 503 g/mol. The maximum absolute atomic E-state index is 9.61. The summed E-state index contributed by atoms with van der Waals surface area (Å²) in [6, 6.07) is 15.2. The van der Waals surface area contributed by atoms with Crippen LogP contribution in [0.2, 0.25) is 0 Å². The third-order valence-electron chi connectivity index (χ3n) is 6.20. The molecule has 1 aliphatic rings. The number of hydrogen-bond donors (Lipinski definition) is 2. The van der Waals surface area contributed by atoms with Crippen LogP contribution in [0.15, 0.2) is 65.2 Å². The number of rotatable bonds is 11. The number of allylic oxidation sites excluding steroid dienone is 1. The first-order valence-electron chi connectivity index (χ1n) is 12.7. The monoisotopic (exact) mass is 502 g/mol. The molecule has 4 N–H and O–H groups in total. The van der Waals surface area contributed by atoms with Crippen molar-refractivity contribution < 1.29 is 4.74 Å². The zero-order valence-corrected chi connectivity index (χ0v) is 22.7. The van der Waals surface area contributed by atoms with Crippen molar-refractivity contribution in [3.8, 4) is 6.07 Å². The van der Waals surface area contributed by atoms with Crippen LogP contribution in [0.4, 0.5) is 5.69 Å². The standard InChI is InChI=1S/C30H38N4OS/c1-5-7-19-34(20-8-6-2)23-12-9-22(10-13-23)11-14-24-15-16-25(36-24)17-18-27-26(21-31)28(29(32)33)35-30(27,3)4/h9-18H,5-8,19-20,32-33H2,1-4H3/b14-11+,18-17+. The molecule has 0 saturated carbocycles. The van der Waals surface area contributed by atoms with Crippen LogP contribution in [0.1, 0.15) is 68.7 Å². The number of ether oxygens (including phenoxy) is 1. The fourth-order valence-electron chi connectivity index (χ4n) is 4.14. The molecule has 0 atom stereocenters. The first-order chi connectivity index (χ1) is 17.3. The Balaban J connectivity index is 1.70. The van der Waals surface area contributed by atoms with Crippen molar-refractivity contribution in [2.24, 2.45) is 11.5 Å². The zero-order valence-electron chi connectivity index (χ0n) is 21.9. The number of nitriles is 1. The number of unbranched alkanes of at least 4 members (excludes halogenated alkanes) is 2. The van der Waals surface area contributed by atoms with Gasteiger partial charge in [0.05, 0.1) is 0 Å². The van der Waals surface area contributed by atoms with E-state index in [2.05, 4.69) is 73.4 Å². The minimum atomic E-state index is -0.671. The number of hydrogen-bond acceptors (Lipinski definition) is 6. The molecule has 0 saturated heterocycles. The second kappa shape index (κ2) is 12.5. The molecule has 0 fully saturated rings. The molecule has 0 radical (unpaired) electrons. The van der Waals surface area contributed by atoms with Gasteiger partial charge in [0.25, 0.3) is 0 Å². The van der Waals surface area contributed by atoms with Gasteiger partial charge in [0.15, 0.2) is 5.76 Å². The Hall–Kier alpha value is -3.43. The largest absolute Gasteiger partial charge is 0.478 e. The predicted molar refractivity (Wildman–Crippen MR) is 154 cm³/mol. The number of thiophene rings is 1. The lowest BCUT2D eigenvalue weighted by Gasteiger charge is -2.24. The molecule has 6 heteroatoms. The maximum Gasteiger partial charge on any atom is 0.178 e. The van der Waals surface area contributed by atoms with Crippen molar-refractivity contribution in [2.45, 2.75) is 59.0 Å². The van der Waals surface area contributed by atoms with E-state index in [9.17, 15) is 5.26 Å². The average Bonchev–Trinajstić information content (AvgIpc) is 3.42. The van der Waals surface area contributed by atoms with E-state index in [4.69, 9.17) is 16.2 Å². The van der Waals surface area contributed by atoms with Crippen LogP contribution >= 0.6 is 11.3 Å². The second-order valence-electron chi connectivity index (χ2n) is 9.49. The quantitative estimate of drug-likeness (QED) is 0.343. The summed E-state index contributed by atoms with van der Waals surface area (Å²) in [5.41, 5.74) is 14.4. The van der Waals surface area contributed by atoms with Gasteiger partial charge < -0.3 is 21.1 Å². The molecular weight excluding hydrogens is 464 g/mol. The zero-order chi connectivity index (χ0) is 26.1. The highest BCUT2D eigenvalue weighted by Gasteiger charge is 2.37. The van der Waals surface area contributed by atoms with E-state index < -0.39 is 5.60 Å². The first-order valence-corrected chi connectivity index (χ1v) is 13.5. The molecule has 36 heavy (non-hydrogen) atoms.